The van der Waals surface area contributed by atoms with E-state index in [0.717, 1.165) is 0 Å². The molecule has 8 nitrogen and oxygen atoms in total. The molecule has 0 radical (unpaired) electrons. The molecule has 0 aliphatic carbocycles. The molecule has 0 aromatic carbocycles. The van der Waals surface area contributed by atoms with E-state index in [1.807, 2.05) is 0 Å². The molecule has 0 bridgehead atoms. The number of nitrogens with zero attached hydrogens (tertiary/aromatic N) is 1. The molecule has 1 aromatic heterocycles. The monoisotopic (exact) mass is 295 g/mol. The lowest BCUT2D eigenvalue weighted by atomic mass is 9.89. The number of hydrogen-bond acceptors (Lipinski definition) is 5. The van der Waals surface area contributed by atoms with Crippen LogP contribution in [0.5, 0.6) is 5.88 Å². The maximum Gasteiger partial charge on any atom is 0.325 e. The van der Waals surface area contributed by atoms with Gasteiger partial charge in [0, 0.05) is 12.5 Å². The highest BCUT2D eigenvalue weighted by molar-refractivity contribution is 6.02. The summed E-state index contributed by atoms with van der Waals surface area (Å²) in [5.74, 6) is -1.40. The van der Waals surface area contributed by atoms with Gasteiger partial charge < -0.3 is 15.2 Å². The summed E-state index contributed by atoms with van der Waals surface area (Å²) in [4.78, 5) is 38.0. The first kappa shape index (κ1) is 16.4. The fourth-order valence-electron chi connectivity index (χ4n) is 1.39. The van der Waals surface area contributed by atoms with Gasteiger partial charge >= 0.3 is 12.0 Å². The van der Waals surface area contributed by atoms with Gasteiger partial charge in [0.05, 0.1) is 24.4 Å². The number of aromatic nitrogens is 1. The lowest BCUT2D eigenvalue weighted by Gasteiger charge is -2.17. The van der Waals surface area contributed by atoms with E-state index in [-0.39, 0.29) is 6.42 Å². The number of hydrogen-bond donors (Lipinski definition) is 3. The van der Waals surface area contributed by atoms with Gasteiger partial charge in [0.15, 0.2) is 0 Å². The summed E-state index contributed by atoms with van der Waals surface area (Å²) in [6.45, 7) is 2.81. The molecule has 21 heavy (non-hydrogen) atoms. The zero-order chi connectivity index (χ0) is 16.0. The zero-order valence-corrected chi connectivity index (χ0v) is 12.0. The summed E-state index contributed by atoms with van der Waals surface area (Å²) in [6, 6.07) is 2.34. The highest BCUT2D eigenvalue weighted by atomic mass is 16.5. The molecule has 0 aliphatic heterocycles. The number of ether oxygens (including phenoxy) is 1. The van der Waals surface area contributed by atoms with Gasteiger partial charge in [-0.15, -0.1) is 0 Å². The topological polar surface area (TPSA) is 118 Å². The molecule has 0 saturated carbocycles. The van der Waals surface area contributed by atoms with Crippen LogP contribution in [0.3, 0.4) is 0 Å². The van der Waals surface area contributed by atoms with Crippen LogP contribution in [0.2, 0.25) is 0 Å². The van der Waals surface area contributed by atoms with Gasteiger partial charge in [0.2, 0.25) is 11.8 Å². The van der Waals surface area contributed by atoms with Crippen LogP contribution in [-0.4, -0.2) is 35.1 Å². The molecule has 1 aromatic rings. The van der Waals surface area contributed by atoms with Crippen molar-refractivity contribution in [1.82, 2.24) is 10.3 Å². The maximum absolute atomic E-state index is 11.6. The number of urea groups is 1. The van der Waals surface area contributed by atoms with E-state index >= 15 is 0 Å². The lowest BCUT2D eigenvalue weighted by molar-refractivity contribution is -0.149. The molecule has 114 valence electrons. The molecule has 3 amide bonds. The maximum atomic E-state index is 11.6. The van der Waals surface area contributed by atoms with Crippen LogP contribution in [0.25, 0.3) is 0 Å². The van der Waals surface area contributed by atoms with Crippen LogP contribution in [0, 0.1) is 5.41 Å². The number of methoxy groups -OCH3 is 1. The number of carbonyl (C=O) groups excluding carboxylic acids is 2. The third-order valence-electron chi connectivity index (χ3n) is 2.64. The van der Waals surface area contributed by atoms with Crippen molar-refractivity contribution in [3.8, 4) is 5.88 Å². The van der Waals surface area contributed by atoms with Crippen molar-refractivity contribution in [1.29, 1.82) is 0 Å². The van der Waals surface area contributed by atoms with E-state index in [1.165, 1.54) is 27.2 Å². The number of nitrogens with one attached hydrogen (secondary N) is 2. The minimum atomic E-state index is -1.24. The Bertz CT molecular complexity index is 539. The van der Waals surface area contributed by atoms with Gasteiger partial charge in [-0.05, 0) is 19.9 Å². The second-order valence-corrected chi connectivity index (χ2v) is 4.96. The minimum Gasteiger partial charge on any atom is -0.481 e. The molecule has 3 N–H and O–H groups in total. The van der Waals surface area contributed by atoms with Crippen molar-refractivity contribution in [2.24, 2.45) is 5.41 Å². The van der Waals surface area contributed by atoms with Crippen molar-refractivity contribution in [3.05, 3.63) is 18.3 Å². The molecule has 0 fully saturated rings. The Labute approximate surface area is 121 Å². The number of carbonyl (C=O) groups is 3. The molecule has 0 atom stereocenters. The van der Waals surface area contributed by atoms with Crippen LogP contribution in [0.1, 0.15) is 20.3 Å². The Kier molecular flexibility index (Phi) is 5.23. The van der Waals surface area contributed by atoms with Gasteiger partial charge in [0.25, 0.3) is 0 Å². The van der Waals surface area contributed by atoms with Crippen molar-refractivity contribution < 1.29 is 24.2 Å². The largest absolute Gasteiger partial charge is 0.481 e. The number of anilines is 1. The van der Waals surface area contributed by atoms with Crippen LogP contribution >= 0.6 is 0 Å². The average molecular weight is 295 g/mol. The summed E-state index contributed by atoms with van der Waals surface area (Å²) < 4.78 is 4.87. The Hall–Kier alpha value is -2.64. The second-order valence-electron chi connectivity index (χ2n) is 4.96. The van der Waals surface area contributed by atoms with Crippen molar-refractivity contribution in [2.45, 2.75) is 20.3 Å². The summed E-state index contributed by atoms with van der Waals surface area (Å²) in [7, 11) is 1.46. The average Bonchev–Trinajstić information content (AvgIpc) is 2.38. The Morgan fingerprint density at radius 1 is 1.33 bits per heavy atom. The number of aliphatic carboxylic acids is 1. The van der Waals surface area contributed by atoms with E-state index in [1.54, 1.807) is 12.1 Å². The van der Waals surface area contributed by atoms with Gasteiger partial charge in [-0.25, -0.2) is 9.78 Å². The first-order valence-corrected chi connectivity index (χ1v) is 6.09. The quantitative estimate of drug-likeness (QED) is 0.752. The number of carboxylic acid groups (broad SMARTS) is 1. The molecule has 0 spiro atoms. The van der Waals surface area contributed by atoms with E-state index in [2.05, 4.69) is 15.6 Å². The number of amides is 3. The molecule has 0 aliphatic rings. The summed E-state index contributed by atoms with van der Waals surface area (Å²) in [5, 5.41) is 13.4. The highest BCUT2D eigenvalue weighted by Crippen LogP contribution is 2.20. The smallest absolute Gasteiger partial charge is 0.325 e. The number of pyridine rings is 1. The van der Waals surface area contributed by atoms with Crippen LogP contribution in [0.4, 0.5) is 10.5 Å². The van der Waals surface area contributed by atoms with E-state index in [0.29, 0.717) is 11.6 Å². The molecule has 8 heteroatoms. The lowest BCUT2D eigenvalue weighted by Crippen LogP contribution is -2.38. The number of rotatable bonds is 5. The van der Waals surface area contributed by atoms with E-state index in [4.69, 9.17) is 9.84 Å². The molecule has 1 heterocycles. The van der Waals surface area contributed by atoms with E-state index in [9.17, 15) is 14.4 Å². The third-order valence-corrected chi connectivity index (χ3v) is 2.64. The van der Waals surface area contributed by atoms with Crippen LogP contribution in [0.15, 0.2) is 18.3 Å². The third kappa shape index (κ3) is 5.09. The fourth-order valence-corrected chi connectivity index (χ4v) is 1.39. The van der Waals surface area contributed by atoms with Crippen LogP contribution < -0.4 is 15.4 Å². The summed E-state index contributed by atoms with van der Waals surface area (Å²) in [5.41, 5.74) is -0.870. The Balaban J connectivity index is 2.53. The SMILES string of the molecule is COc1ccc(NC(=O)NC(=O)CC(C)(C)C(=O)O)cn1. The summed E-state index contributed by atoms with van der Waals surface area (Å²) in [6.07, 6.45) is 1.06. The minimum absolute atomic E-state index is 0.309. The number of carboxylic acids is 1. The van der Waals surface area contributed by atoms with Gasteiger partial charge in [-0.1, -0.05) is 0 Å². The number of imide groups is 1. The predicted molar refractivity (Wildman–Crippen MR) is 74.0 cm³/mol. The Morgan fingerprint density at radius 3 is 2.48 bits per heavy atom. The zero-order valence-electron chi connectivity index (χ0n) is 12.0. The van der Waals surface area contributed by atoms with Crippen molar-refractivity contribution in [2.75, 3.05) is 12.4 Å². The summed E-state index contributed by atoms with van der Waals surface area (Å²) >= 11 is 0. The van der Waals surface area contributed by atoms with Crippen LogP contribution in [-0.2, 0) is 9.59 Å². The van der Waals surface area contributed by atoms with Crippen molar-refractivity contribution in [3.63, 3.8) is 0 Å². The van der Waals surface area contributed by atoms with Crippen molar-refractivity contribution >= 4 is 23.6 Å². The molecular weight excluding hydrogens is 278 g/mol. The molecular formula is C13H17N3O5. The first-order chi connectivity index (χ1) is 9.74. The van der Waals surface area contributed by atoms with Gasteiger partial charge in [0.1, 0.15) is 0 Å². The van der Waals surface area contributed by atoms with E-state index < -0.39 is 23.3 Å². The fraction of sp³-hybridized carbons (Fsp3) is 0.385. The molecule has 0 unspecified atom stereocenters. The molecule has 0 saturated heterocycles. The van der Waals surface area contributed by atoms with Gasteiger partial charge in [-0.3, -0.25) is 14.9 Å². The van der Waals surface area contributed by atoms with Gasteiger partial charge in [-0.2, -0.15) is 0 Å². The molecule has 1 rings (SSSR count). The standard InChI is InChI=1S/C13H17N3O5/c1-13(2,11(18)19)6-9(17)16-12(20)15-8-4-5-10(21-3)14-7-8/h4-5,7H,6H2,1-3H3,(H,18,19)(H2,15,16,17,20). The first-order valence-electron chi connectivity index (χ1n) is 6.09. The normalized spacial score (nSPS) is 10.6. The Morgan fingerprint density at radius 2 is 2.00 bits per heavy atom. The second kappa shape index (κ2) is 6.69. The predicted octanol–water partition coefficient (Wildman–Crippen LogP) is 1.24. The highest BCUT2D eigenvalue weighted by Gasteiger charge is 2.30.